The minimum absolute atomic E-state index is 0.229. The second kappa shape index (κ2) is 6.36. The Kier molecular flexibility index (Phi) is 4.80. The van der Waals surface area contributed by atoms with Crippen molar-refractivity contribution in [2.45, 2.75) is 61.9 Å². The molecule has 1 aliphatic carbocycles. The Morgan fingerprint density at radius 1 is 1.35 bits per heavy atom. The van der Waals surface area contributed by atoms with E-state index in [1.165, 1.54) is 25.7 Å². The average Bonchev–Trinajstić information content (AvgIpc) is 2.84. The predicted molar refractivity (Wildman–Crippen MR) is 72.1 cm³/mol. The molecule has 0 spiro atoms. The molecule has 94 valence electrons. The summed E-state index contributed by atoms with van der Waals surface area (Å²) in [6.07, 6.45) is 11.1. The molecule has 3 nitrogen and oxygen atoms in total. The van der Waals surface area contributed by atoms with E-state index < -0.39 is 0 Å². The lowest BCUT2D eigenvalue weighted by Crippen LogP contribution is -2.21. The molecule has 1 atom stereocenters. The fraction of sp³-hybridized carbons (Fsp3) is 0.692. The summed E-state index contributed by atoms with van der Waals surface area (Å²) in [6.45, 7) is 2.11. The molecular formula is C13H21N3S. The minimum atomic E-state index is 0.229. The van der Waals surface area contributed by atoms with Crippen LogP contribution in [-0.2, 0) is 6.42 Å². The van der Waals surface area contributed by atoms with Crippen LogP contribution in [0.3, 0.4) is 0 Å². The summed E-state index contributed by atoms with van der Waals surface area (Å²) in [7, 11) is 0. The number of aromatic nitrogens is 2. The van der Waals surface area contributed by atoms with Crippen LogP contribution in [0.4, 0.5) is 0 Å². The molecule has 2 N–H and O–H groups in total. The van der Waals surface area contributed by atoms with Gasteiger partial charge < -0.3 is 5.73 Å². The second-order valence-corrected chi connectivity index (χ2v) is 6.04. The van der Waals surface area contributed by atoms with Gasteiger partial charge in [0.15, 0.2) is 5.16 Å². The van der Waals surface area contributed by atoms with E-state index in [1.54, 1.807) is 0 Å². The molecule has 1 aliphatic rings. The summed E-state index contributed by atoms with van der Waals surface area (Å²) in [5.74, 6) is 0. The van der Waals surface area contributed by atoms with E-state index >= 15 is 0 Å². The third kappa shape index (κ3) is 3.96. The number of nitrogens with zero attached hydrogens (tertiary/aromatic N) is 2. The van der Waals surface area contributed by atoms with Crippen molar-refractivity contribution in [3.8, 4) is 0 Å². The van der Waals surface area contributed by atoms with Gasteiger partial charge in [0.2, 0.25) is 0 Å². The van der Waals surface area contributed by atoms with Crippen molar-refractivity contribution >= 4 is 11.8 Å². The summed E-state index contributed by atoms with van der Waals surface area (Å²) >= 11 is 1.83. The van der Waals surface area contributed by atoms with E-state index in [0.717, 1.165) is 28.8 Å². The molecule has 1 unspecified atom stereocenters. The van der Waals surface area contributed by atoms with Crippen LogP contribution >= 0.6 is 11.8 Å². The van der Waals surface area contributed by atoms with Gasteiger partial charge in [-0.3, -0.25) is 0 Å². The van der Waals surface area contributed by atoms with Crippen molar-refractivity contribution in [1.29, 1.82) is 0 Å². The van der Waals surface area contributed by atoms with Gasteiger partial charge in [0.25, 0.3) is 0 Å². The molecule has 0 aliphatic heterocycles. The Hall–Kier alpha value is -0.610. The van der Waals surface area contributed by atoms with Crippen LogP contribution in [0, 0.1) is 0 Å². The largest absolute Gasteiger partial charge is 0.327 e. The molecule has 17 heavy (non-hydrogen) atoms. The highest BCUT2D eigenvalue weighted by Gasteiger charge is 2.17. The maximum atomic E-state index is 5.91. The van der Waals surface area contributed by atoms with E-state index in [9.17, 15) is 0 Å². The van der Waals surface area contributed by atoms with Crippen LogP contribution in [0.5, 0.6) is 0 Å². The highest BCUT2D eigenvalue weighted by molar-refractivity contribution is 7.99. The van der Waals surface area contributed by atoms with Gasteiger partial charge in [-0.25, -0.2) is 9.97 Å². The van der Waals surface area contributed by atoms with Crippen molar-refractivity contribution in [1.82, 2.24) is 9.97 Å². The zero-order valence-corrected chi connectivity index (χ0v) is 11.2. The average molecular weight is 251 g/mol. The minimum Gasteiger partial charge on any atom is -0.327 e. The molecule has 1 aromatic rings. The summed E-state index contributed by atoms with van der Waals surface area (Å²) in [4.78, 5) is 8.85. The molecule has 1 saturated carbocycles. The van der Waals surface area contributed by atoms with Crippen LogP contribution in [-0.4, -0.2) is 21.3 Å². The Morgan fingerprint density at radius 3 is 2.59 bits per heavy atom. The van der Waals surface area contributed by atoms with Crippen molar-refractivity contribution < 1.29 is 0 Å². The molecule has 1 heterocycles. The van der Waals surface area contributed by atoms with Gasteiger partial charge in [-0.15, -0.1) is 0 Å². The Bertz CT molecular complexity index is 333. The van der Waals surface area contributed by atoms with Crippen LogP contribution in [0.2, 0.25) is 0 Å². The molecule has 0 aromatic carbocycles. The number of rotatable bonds is 5. The van der Waals surface area contributed by atoms with Gasteiger partial charge in [-0.1, -0.05) is 31.5 Å². The first kappa shape index (κ1) is 12.8. The molecule has 0 bridgehead atoms. The van der Waals surface area contributed by atoms with Gasteiger partial charge in [0.05, 0.1) is 0 Å². The summed E-state index contributed by atoms with van der Waals surface area (Å²) < 4.78 is 0. The first-order chi connectivity index (χ1) is 8.28. The third-order valence-corrected chi connectivity index (χ3v) is 4.50. The fourth-order valence-electron chi connectivity index (χ4n) is 2.11. The van der Waals surface area contributed by atoms with Crippen molar-refractivity contribution in [2.75, 3.05) is 0 Å². The summed E-state index contributed by atoms with van der Waals surface area (Å²) in [5.41, 5.74) is 7.06. The van der Waals surface area contributed by atoms with Crippen molar-refractivity contribution in [3.05, 3.63) is 18.0 Å². The zero-order chi connectivity index (χ0) is 12.1. The topological polar surface area (TPSA) is 51.8 Å². The molecule has 0 radical (unpaired) electrons. The first-order valence-corrected chi connectivity index (χ1v) is 7.39. The van der Waals surface area contributed by atoms with E-state index in [4.69, 9.17) is 5.73 Å². The number of nitrogens with two attached hydrogens (primary N) is 1. The van der Waals surface area contributed by atoms with Crippen molar-refractivity contribution in [3.63, 3.8) is 0 Å². The van der Waals surface area contributed by atoms with E-state index in [2.05, 4.69) is 16.9 Å². The number of hydrogen-bond acceptors (Lipinski definition) is 4. The second-order valence-electron chi connectivity index (χ2n) is 4.77. The smallest absolute Gasteiger partial charge is 0.187 e. The van der Waals surface area contributed by atoms with E-state index in [-0.39, 0.29) is 6.04 Å². The van der Waals surface area contributed by atoms with Gasteiger partial charge >= 0.3 is 0 Å². The summed E-state index contributed by atoms with van der Waals surface area (Å²) in [6, 6.07) is 0.229. The van der Waals surface area contributed by atoms with Gasteiger partial charge in [-0.2, -0.15) is 0 Å². The molecule has 1 fully saturated rings. The summed E-state index contributed by atoms with van der Waals surface area (Å²) in [5, 5.41) is 1.66. The fourth-order valence-corrected chi connectivity index (χ4v) is 3.21. The molecule has 0 saturated heterocycles. The monoisotopic (exact) mass is 251 g/mol. The molecule has 0 amide bonds. The normalized spacial score (nSPS) is 18.5. The lowest BCUT2D eigenvalue weighted by atomic mass is 10.1. The predicted octanol–water partition coefficient (Wildman–Crippen LogP) is 2.79. The maximum Gasteiger partial charge on any atom is 0.187 e. The standard InChI is InChI=1S/C13H21N3S/c1-2-11(14)7-10-8-15-13(16-9-10)17-12-5-3-4-6-12/h8-9,11-12H,2-7,14H2,1H3. The van der Waals surface area contributed by atoms with Gasteiger partial charge in [0, 0.05) is 23.7 Å². The molecular weight excluding hydrogens is 230 g/mol. The lowest BCUT2D eigenvalue weighted by Gasteiger charge is -2.09. The highest BCUT2D eigenvalue weighted by atomic mass is 32.2. The Labute approximate surface area is 108 Å². The quantitative estimate of drug-likeness (QED) is 0.818. The number of hydrogen-bond donors (Lipinski definition) is 1. The molecule has 1 aromatic heterocycles. The first-order valence-electron chi connectivity index (χ1n) is 6.51. The lowest BCUT2D eigenvalue weighted by molar-refractivity contribution is 0.641. The Balaban J connectivity index is 1.88. The van der Waals surface area contributed by atoms with Crippen molar-refractivity contribution in [2.24, 2.45) is 5.73 Å². The van der Waals surface area contributed by atoms with Gasteiger partial charge in [0.1, 0.15) is 0 Å². The maximum absolute atomic E-state index is 5.91. The van der Waals surface area contributed by atoms with Gasteiger partial charge in [-0.05, 0) is 31.2 Å². The number of thioether (sulfide) groups is 1. The van der Waals surface area contributed by atoms with E-state index in [0.29, 0.717) is 0 Å². The van der Waals surface area contributed by atoms with Crippen LogP contribution in [0.25, 0.3) is 0 Å². The highest BCUT2D eigenvalue weighted by Crippen LogP contribution is 2.32. The Morgan fingerprint density at radius 2 is 2.00 bits per heavy atom. The SMILES string of the molecule is CCC(N)Cc1cnc(SC2CCCC2)nc1. The molecule has 2 rings (SSSR count). The van der Waals surface area contributed by atoms with Crippen LogP contribution < -0.4 is 5.73 Å². The van der Waals surface area contributed by atoms with E-state index in [1.807, 2.05) is 24.2 Å². The van der Waals surface area contributed by atoms with Crippen LogP contribution in [0.1, 0.15) is 44.6 Å². The zero-order valence-electron chi connectivity index (χ0n) is 10.4. The molecule has 4 heteroatoms. The third-order valence-electron chi connectivity index (χ3n) is 3.28. The van der Waals surface area contributed by atoms with Crippen LogP contribution in [0.15, 0.2) is 17.6 Å².